The van der Waals surface area contributed by atoms with Gasteiger partial charge in [-0.25, -0.2) is 0 Å². The van der Waals surface area contributed by atoms with Crippen molar-refractivity contribution in [3.05, 3.63) is 0 Å². The first-order chi connectivity index (χ1) is 8.79. The van der Waals surface area contributed by atoms with Gasteiger partial charge in [0.1, 0.15) is 0 Å². The van der Waals surface area contributed by atoms with Crippen molar-refractivity contribution in [2.24, 2.45) is 0 Å². The third-order valence-electron chi connectivity index (χ3n) is 4.13. The standard InChI is InChI=1S/C14H27N3O/c1-2-9-17(13-7-8-15-10-13)11-14(18)16-12-5-3-4-6-12/h12-13,15H,2-11H2,1H3,(H,16,18). The van der Waals surface area contributed by atoms with Crippen LogP contribution in [0.25, 0.3) is 0 Å². The highest BCUT2D eigenvalue weighted by Crippen LogP contribution is 2.17. The Labute approximate surface area is 110 Å². The number of rotatable bonds is 6. The van der Waals surface area contributed by atoms with Crippen LogP contribution in [-0.4, -0.2) is 49.1 Å². The van der Waals surface area contributed by atoms with Gasteiger partial charge >= 0.3 is 0 Å². The summed E-state index contributed by atoms with van der Waals surface area (Å²) < 4.78 is 0. The third kappa shape index (κ3) is 3.95. The van der Waals surface area contributed by atoms with E-state index >= 15 is 0 Å². The molecule has 1 aliphatic heterocycles. The third-order valence-corrected chi connectivity index (χ3v) is 4.13. The molecule has 1 aliphatic carbocycles. The minimum Gasteiger partial charge on any atom is -0.352 e. The van der Waals surface area contributed by atoms with Gasteiger partial charge in [0.05, 0.1) is 6.54 Å². The molecule has 1 heterocycles. The molecule has 104 valence electrons. The van der Waals surface area contributed by atoms with E-state index in [2.05, 4.69) is 22.5 Å². The van der Waals surface area contributed by atoms with E-state index in [-0.39, 0.29) is 5.91 Å². The first kappa shape index (κ1) is 13.8. The van der Waals surface area contributed by atoms with E-state index in [0.717, 1.165) is 26.1 Å². The molecule has 0 spiro atoms. The molecule has 1 atom stereocenters. The Balaban J connectivity index is 1.77. The van der Waals surface area contributed by atoms with E-state index in [1.807, 2.05) is 0 Å². The fourth-order valence-electron chi connectivity index (χ4n) is 3.16. The van der Waals surface area contributed by atoms with E-state index in [4.69, 9.17) is 0 Å². The van der Waals surface area contributed by atoms with Crippen molar-refractivity contribution in [1.29, 1.82) is 0 Å². The van der Waals surface area contributed by atoms with E-state index < -0.39 is 0 Å². The van der Waals surface area contributed by atoms with Crippen LogP contribution >= 0.6 is 0 Å². The molecule has 2 fully saturated rings. The van der Waals surface area contributed by atoms with Gasteiger partial charge in [-0.05, 0) is 38.8 Å². The number of nitrogens with one attached hydrogen (secondary N) is 2. The highest BCUT2D eigenvalue weighted by Gasteiger charge is 2.24. The Morgan fingerprint density at radius 3 is 2.72 bits per heavy atom. The number of carbonyl (C=O) groups excluding carboxylic acids is 1. The molecule has 1 unspecified atom stereocenters. The molecule has 0 radical (unpaired) electrons. The maximum Gasteiger partial charge on any atom is 0.234 e. The van der Waals surface area contributed by atoms with Crippen molar-refractivity contribution in [2.75, 3.05) is 26.2 Å². The summed E-state index contributed by atoms with van der Waals surface area (Å²) in [6.07, 6.45) is 7.19. The Bertz CT molecular complexity index is 258. The summed E-state index contributed by atoms with van der Waals surface area (Å²) in [4.78, 5) is 14.4. The first-order valence-electron chi connectivity index (χ1n) is 7.53. The minimum atomic E-state index is 0.224. The minimum absolute atomic E-state index is 0.224. The van der Waals surface area contributed by atoms with Crippen molar-refractivity contribution < 1.29 is 4.79 Å². The van der Waals surface area contributed by atoms with Gasteiger partial charge in [0.15, 0.2) is 0 Å². The lowest BCUT2D eigenvalue weighted by Gasteiger charge is -2.27. The molecule has 1 saturated carbocycles. The Hall–Kier alpha value is -0.610. The van der Waals surface area contributed by atoms with Crippen molar-refractivity contribution in [1.82, 2.24) is 15.5 Å². The molecular weight excluding hydrogens is 226 g/mol. The van der Waals surface area contributed by atoms with Gasteiger partial charge in [0.25, 0.3) is 0 Å². The van der Waals surface area contributed by atoms with Crippen molar-refractivity contribution >= 4 is 5.91 Å². The summed E-state index contributed by atoms with van der Waals surface area (Å²) in [5.74, 6) is 0.224. The molecule has 2 N–H and O–H groups in total. The van der Waals surface area contributed by atoms with Crippen LogP contribution in [0.1, 0.15) is 45.4 Å². The molecule has 0 aromatic carbocycles. The van der Waals surface area contributed by atoms with Crippen LogP contribution in [0.3, 0.4) is 0 Å². The molecular formula is C14H27N3O. The van der Waals surface area contributed by atoms with Crippen molar-refractivity contribution in [2.45, 2.75) is 57.5 Å². The molecule has 2 aliphatic rings. The quantitative estimate of drug-likeness (QED) is 0.745. The largest absolute Gasteiger partial charge is 0.352 e. The Kier molecular flexibility index (Phi) is 5.45. The predicted octanol–water partition coefficient (Wildman–Crippen LogP) is 1.12. The number of nitrogens with zero attached hydrogens (tertiary/aromatic N) is 1. The highest BCUT2D eigenvalue weighted by molar-refractivity contribution is 5.78. The van der Waals surface area contributed by atoms with Gasteiger partial charge in [0.2, 0.25) is 5.91 Å². The van der Waals surface area contributed by atoms with E-state index in [1.54, 1.807) is 0 Å². The van der Waals surface area contributed by atoms with Gasteiger partial charge in [-0.3, -0.25) is 9.69 Å². The molecule has 18 heavy (non-hydrogen) atoms. The number of amides is 1. The van der Waals surface area contributed by atoms with Crippen LogP contribution in [0.2, 0.25) is 0 Å². The van der Waals surface area contributed by atoms with Gasteiger partial charge in [-0.15, -0.1) is 0 Å². The van der Waals surface area contributed by atoms with E-state index in [0.29, 0.717) is 18.6 Å². The van der Waals surface area contributed by atoms with Crippen LogP contribution in [-0.2, 0) is 4.79 Å². The first-order valence-corrected chi connectivity index (χ1v) is 7.53. The topological polar surface area (TPSA) is 44.4 Å². The summed E-state index contributed by atoms with van der Waals surface area (Å²) in [7, 11) is 0. The van der Waals surface area contributed by atoms with Crippen molar-refractivity contribution in [3.8, 4) is 0 Å². The zero-order chi connectivity index (χ0) is 12.8. The maximum absolute atomic E-state index is 12.1. The van der Waals surface area contributed by atoms with E-state index in [1.165, 1.54) is 32.1 Å². The molecule has 1 saturated heterocycles. The van der Waals surface area contributed by atoms with Gasteiger partial charge in [-0.2, -0.15) is 0 Å². The second-order valence-corrected chi connectivity index (χ2v) is 5.67. The van der Waals surface area contributed by atoms with Gasteiger partial charge < -0.3 is 10.6 Å². The van der Waals surface area contributed by atoms with Crippen molar-refractivity contribution in [3.63, 3.8) is 0 Å². The zero-order valence-electron chi connectivity index (χ0n) is 11.6. The van der Waals surface area contributed by atoms with Crippen LogP contribution in [0.5, 0.6) is 0 Å². The monoisotopic (exact) mass is 253 g/mol. The van der Waals surface area contributed by atoms with Crippen LogP contribution < -0.4 is 10.6 Å². The number of hydrogen-bond donors (Lipinski definition) is 2. The summed E-state index contributed by atoms with van der Waals surface area (Å²) in [5.41, 5.74) is 0. The summed E-state index contributed by atoms with van der Waals surface area (Å²) in [6.45, 7) is 5.93. The van der Waals surface area contributed by atoms with Gasteiger partial charge in [-0.1, -0.05) is 19.8 Å². The lowest BCUT2D eigenvalue weighted by molar-refractivity contribution is -0.123. The smallest absolute Gasteiger partial charge is 0.234 e. The number of hydrogen-bond acceptors (Lipinski definition) is 3. The zero-order valence-corrected chi connectivity index (χ0v) is 11.6. The molecule has 0 bridgehead atoms. The Morgan fingerprint density at radius 1 is 1.33 bits per heavy atom. The fraction of sp³-hybridized carbons (Fsp3) is 0.929. The van der Waals surface area contributed by atoms with E-state index in [9.17, 15) is 4.79 Å². The second-order valence-electron chi connectivity index (χ2n) is 5.67. The summed E-state index contributed by atoms with van der Waals surface area (Å²) in [6, 6.07) is 1.00. The Morgan fingerprint density at radius 2 is 2.11 bits per heavy atom. The van der Waals surface area contributed by atoms with Gasteiger partial charge in [0, 0.05) is 18.6 Å². The molecule has 1 amide bonds. The average Bonchev–Trinajstić information content (AvgIpc) is 3.00. The molecule has 4 heteroatoms. The summed E-state index contributed by atoms with van der Waals surface area (Å²) in [5, 5.41) is 6.57. The lowest BCUT2D eigenvalue weighted by atomic mass is 10.2. The molecule has 0 aromatic rings. The lowest BCUT2D eigenvalue weighted by Crippen LogP contribution is -2.46. The molecule has 2 rings (SSSR count). The SMILES string of the molecule is CCCN(CC(=O)NC1CCCC1)C1CCNC1. The van der Waals surface area contributed by atoms with Crippen LogP contribution in [0.4, 0.5) is 0 Å². The normalized spacial score (nSPS) is 24.9. The maximum atomic E-state index is 12.1. The highest BCUT2D eigenvalue weighted by atomic mass is 16.2. The molecule has 0 aromatic heterocycles. The average molecular weight is 253 g/mol. The predicted molar refractivity (Wildman–Crippen MR) is 73.5 cm³/mol. The summed E-state index contributed by atoms with van der Waals surface area (Å²) >= 11 is 0. The fourth-order valence-corrected chi connectivity index (χ4v) is 3.16. The molecule has 4 nitrogen and oxygen atoms in total. The van der Waals surface area contributed by atoms with Crippen LogP contribution in [0, 0.1) is 0 Å². The van der Waals surface area contributed by atoms with Crippen LogP contribution in [0.15, 0.2) is 0 Å². The second kappa shape index (κ2) is 7.10. The number of carbonyl (C=O) groups is 1.